The lowest BCUT2D eigenvalue weighted by atomic mass is 10.2. The predicted octanol–water partition coefficient (Wildman–Crippen LogP) is 3.97. The van der Waals surface area contributed by atoms with Crippen LogP contribution in [0.2, 0.25) is 0 Å². The zero-order valence-corrected chi connectivity index (χ0v) is 14.2. The number of halogens is 1. The molecule has 2 N–H and O–H groups in total. The SMILES string of the molecule is Cc1cc(NC(=O)c2ccco2)sc1C(=O)NCc1ccccc1F. The Morgan fingerprint density at radius 2 is 1.96 bits per heavy atom. The number of anilines is 1. The average Bonchev–Trinajstić information content (AvgIpc) is 3.24. The minimum absolute atomic E-state index is 0.0942. The van der Waals surface area contributed by atoms with E-state index in [4.69, 9.17) is 4.42 Å². The van der Waals surface area contributed by atoms with Crippen LogP contribution in [0, 0.1) is 12.7 Å². The maximum Gasteiger partial charge on any atom is 0.291 e. The van der Waals surface area contributed by atoms with Crippen LogP contribution in [0.25, 0.3) is 0 Å². The summed E-state index contributed by atoms with van der Waals surface area (Å²) in [5.41, 5.74) is 1.14. The molecule has 2 heterocycles. The molecule has 7 heteroatoms. The van der Waals surface area contributed by atoms with Crippen LogP contribution < -0.4 is 10.6 Å². The fourth-order valence-corrected chi connectivity index (χ4v) is 3.23. The molecular weight excluding hydrogens is 343 g/mol. The van der Waals surface area contributed by atoms with Gasteiger partial charge in [0, 0.05) is 12.1 Å². The van der Waals surface area contributed by atoms with Gasteiger partial charge in [-0.1, -0.05) is 18.2 Å². The van der Waals surface area contributed by atoms with E-state index in [1.54, 1.807) is 43.3 Å². The molecule has 0 aliphatic carbocycles. The molecule has 25 heavy (non-hydrogen) atoms. The first kappa shape index (κ1) is 16.9. The first-order chi connectivity index (χ1) is 12.0. The van der Waals surface area contributed by atoms with Gasteiger partial charge >= 0.3 is 0 Å². The summed E-state index contributed by atoms with van der Waals surface area (Å²) in [7, 11) is 0. The molecule has 3 aromatic rings. The number of thiophene rings is 1. The number of carbonyl (C=O) groups excluding carboxylic acids is 2. The van der Waals surface area contributed by atoms with E-state index in [2.05, 4.69) is 10.6 Å². The third-order valence-corrected chi connectivity index (χ3v) is 4.65. The lowest BCUT2D eigenvalue weighted by Gasteiger charge is -2.05. The van der Waals surface area contributed by atoms with Gasteiger partial charge in [0.2, 0.25) is 0 Å². The summed E-state index contributed by atoms with van der Waals surface area (Å²) >= 11 is 1.15. The first-order valence-electron chi connectivity index (χ1n) is 7.51. The molecule has 0 unspecified atom stereocenters. The Labute approximate surface area is 147 Å². The summed E-state index contributed by atoms with van der Waals surface area (Å²) in [6.07, 6.45) is 1.41. The first-order valence-corrected chi connectivity index (χ1v) is 8.33. The highest BCUT2D eigenvalue weighted by molar-refractivity contribution is 7.18. The Bertz CT molecular complexity index is 903. The van der Waals surface area contributed by atoms with Crippen molar-refractivity contribution in [2.24, 2.45) is 0 Å². The minimum Gasteiger partial charge on any atom is -0.459 e. The third kappa shape index (κ3) is 3.95. The van der Waals surface area contributed by atoms with Gasteiger partial charge in [0.1, 0.15) is 5.82 Å². The van der Waals surface area contributed by atoms with E-state index in [1.807, 2.05) is 0 Å². The van der Waals surface area contributed by atoms with Crippen LogP contribution in [0.15, 0.2) is 53.1 Å². The fourth-order valence-electron chi connectivity index (χ4n) is 2.25. The van der Waals surface area contributed by atoms with Crippen LogP contribution in [0.4, 0.5) is 9.39 Å². The van der Waals surface area contributed by atoms with Gasteiger partial charge in [-0.3, -0.25) is 9.59 Å². The Balaban J connectivity index is 1.66. The molecule has 0 fully saturated rings. The van der Waals surface area contributed by atoms with Crippen molar-refractivity contribution >= 4 is 28.2 Å². The smallest absolute Gasteiger partial charge is 0.291 e. The summed E-state index contributed by atoms with van der Waals surface area (Å²) in [5, 5.41) is 5.92. The molecule has 1 aromatic carbocycles. The highest BCUT2D eigenvalue weighted by Crippen LogP contribution is 2.27. The molecule has 5 nitrogen and oxygen atoms in total. The number of hydrogen-bond acceptors (Lipinski definition) is 4. The molecule has 2 aromatic heterocycles. The van der Waals surface area contributed by atoms with Crippen molar-refractivity contribution in [2.75, 3.05) is 5.32 Å². The number of nitrogens with one attached hydrogen (secondary N) is 2. The topological polar surface area (TPSA) is 71.3 Å². The molecule has 2 amide bonds. The average molecular weight is 358 g/mol. The summed E-state index contributed by atoms with van der Waals surface area (Å²) in [4.78, 5) is 24.8. The van der Waals surface area contributed by atoms with Gasteiger partial charge in [0.25, 0.3) is 11.8 Å². The van der Waals surface area contributed by atoms with Gasteiger partial charge < -0.3 is 15.1 Å². The van der Waals surface area contributed by atoms with E-state index in [9.17, 15) is 14.0 Å². The van der Waals surface area contributed by atoms with E-state index < -0.39 is 0 Å². The molecule has 0 saturated heterocycles. The summed E-state index contributed by atoms with van der Waals surface area (Å²) < 4.78 is 18.6. The van der Waals surface area contributed by atoms with Gasteiger partial charge in [0.15, 0.2) is 5.76 Å². The fraction of sp³-hybridized carbons (Fsp3) is 0.111. The van der Waals surface area contributed by atoms with E-state index in [-0.39, 0.29) is 29.9 Å². The highest BCUT2D eigenvalue weighted by Gasteiger charge is 2.16. The second-order valence-electron chi connectivity index (χ2n) is 5.33. The van der Waals surface area contributed by atoms with Crippen LogP contribution in [0.3, 0.4) is 0 Å². The van der Waals surface area contributed by atoms with E-state index >= 15 is 0 Å². The van der Waals surface area contributed by atoms with Gasteiger partial charge in [-0.25, -0.2) is 4.39 Å². The molecule has 0 saturated carbocycles. The van der Waals surface area contributed by atoms with Gasteiger partial charge in [-0.2, -0.15) is 0 Å². The lowest BCUT2D eigenvalue weighted by Crippen LogP contribution is -2.23. The van der Waals surface area contributed by atoms with Crippen molar-refractivity contribution in [1.29, 1.82) is 0 Å². The van der Waals surface area contributed by atoms with Crippen molar-refractivity contribution < 1.29 is 18.4 Å². The quantitative estimate of drug-likeness (QED) is 0.725. The zero-order valence-electron chi connectivity index (χ0n) is 13.3. The second-order valence-corrected chi connectivity index (χ2v) is 6.38. The van der Waals surface area contributed by atoms with Crippen LogP contribution in [0.5, 0.6) is 0 Å². The van der Waals surface area contributed by atoms with Crippen molar-refractivity contribution in [3.8, 4) is 0 Å². The van der Waals surface area contributed by atoms with Crippen molar-refractivity contribution in [1.82, 2.24) is 5.32 Å². The second kappa shape index (κ2) is 7.31. The number of aryl methyl sites for hydroxylation is 1. The molecule has 128 valence electrons. The number of hydrogen-bond donors (Lipinski definition) is 2. The van der Waals surface area contributed by atoms with E-state index in [1.165, 1.54) is 12.3 Å². The molecule has 0 aliphatic heterocycles. The van der Waals surface area contributed by atoms with Crippen LogP contribution in [-0.2, 0) is 6.54 Å². The summed E-state index contributed by atoms with van der Waals surface area (Å²) in [6, 6.07) is 11.2. The van der Waals surface area contributed by atoms with Crippen molar-refractivity contribution in [3.05, 3.63) is 76.3 Å². The standard InChI is InChI=1S/C18H15FN2O3S/c1-11-9-15(21-17(22)14-7-4-8-24-14)25-16(11)18(23)20-10-12-5-2-3-6-13(12)19/h2-9H,10H2,1H3,(H,20,23)(H,21,22). The monoisotopic (exact) mass is 358 g/mol. The number of furan rings is 1. The maximum atomic E-state index is 13.6. The largest absolute Gasteiger partial charge is 0.459 e. The minimum atomic E-state index is -0.385. The van der Waals surface area contributed by atoms with E-state index in [0.29, 0.717) is 15.4 Å². The van der Waals surface area contributed by atoms with Crippen LogP contribution >= 0.6 is 11.3 Å². The summed E-state index contributed by atoms with van der Waals surface area (Å²) in [6.45, 7) is 1.87. The predicted molar refractivity (Wildman–Crippen MR) is 93.3 cm³/mol. The van der Waals surface area contributed by atoms with Gasteiger partial charge in [-0.15, -0.1) is 11.3 Å². The molecule has 0 atom stereocenters. The third-order valence-electron chi connectivity index (χ3n) is 3.50. The highest BCUT2D eigenvalue weighted by atomic mass is 32.1. The summed E-state index contributed by atoms with van der Waals surface area (Å²) in [5.74, 6) is -0.873. The van der Waals surface area contributed by atoms with Crippen molar-refractivity contribution in [3.63, 3.8) is 0 Å². The number of carbonyl (C=O) groups is 2. The van der Waals surface area contributed by atoms with Crippen LogP contribution in [0.1, 0.15) is 31.4 Å². The molecule has 0 radical (unpaired) electrons. The Morgan fingerprint density at radius 3 is 2.68 bits per heavy atom. The van der Waals surface area contributed by atoms with Gasteiger partial charge in [0.05, 0.1) is 16.1 Å². The number of rotatable bonds is 5. The lowest BCUT2D eigenvalue weighted by molar-refractivity contribution is 0.0952. The van der Waals surface area contributed by atoms with Gasteiger partial charge in [-0.05, 0) is 36.8 Å². The molecular formula is C18H15FN2O3S. The Hall–Kier alpha value is -2.93. The molecule has 0 aliphatic rings. The van der Waals surface area contributed by atoms with E-state index in [0.717, 1.165) is 16.9 Å². The molecule has 0 bridgehead atoms. The normalized spacial score (nSPS) is 10.5. The maximum absolute atomic E-state index is 13.6. The Morgan fingerprint density at radius 1 is 1.16 bits per heavy atom. The van der Waals surface area contributed by atoms with Crippen LogP contribution in [-0.4, -0.2) is 11.8 Å². The molecule has 0 spiro atoms. The zero-order chi connectivity index (χ0) is 17.8. The number of benzene rings is 1. The Kier molecular flexibility index (Phi) is 4.95. The molecule has 3 rings (SSSR count). The number of amides is 2. The van der Waals surface area contributed by atoms with Crippen molar-refractivity contribution in [2.45, 2.75) is 13.5 Å².